The van der Waals surface area contributed by atoms with Crippen molar-refractivity contribution in [1.82, 2.24) is 0 Å². The number of carbonyl (C=O) groups excluding carboxylic acids is 1. The van der Waals surface area contributed by atoms with Gasteiger partial charge in [-0.05, 0) is 38.0 Å². The van der Waals surface area contributed by atoms with Crippen LogP contribution in [0.5, 0.6) is 0 Å². The van der Waals surface area contributed by atoms with E-state index in [9.17, 15) is 4.79 Å². The third kappa shape index (κ3) is 3.38. The molecule has 0 aromatic heterocycles. The molecule has 106 valence electrons. The molecule has 2 atom stereocenters. The predicted molar refractivity (Wildman–Crippen MR) is 77.3 cm³/mol. The van der Waals surface area contributed by atoms with Crippen LogP contribution in [0.3, 0.4) is 0 Å². The maximum absolute atomic E-state index is 12.2. The predicted octanol–water partition coefficient (Wildman–Crippen LogP) is 1.70. The fourth-order valence-corrected chi connectivity index (χ4v) is 2.28. The molecule has 1 aromatic carbocycles. The summed E-state index contributed by atoms with van der Waals surface area (Å²) < 4.78 is 5.41. The third-order valence-corrected chi connectivity index (χ3v) is 3.52. The summed E-state index contributed by atoms with van der Waals surface area (Å²) in [5.74, 6) is 5.39. The second-order valence-electron chi connectivity index (χ2n) is 4.95. The molecule has 1 aliphatic heterocycles. The van der Waals surface area contributed by atoms with E-state index >= 15 is 0 Å². The van der Waals surface area contributed by atoms with Gasteiger partial charge in [-0.2, -0.15) is 0 Å². The van der Waals surface area contributed by atoms with E-state index in [1.807, 2.05) is 32.0 Å². The van der Waals surface area contributed by atoms with Gasteiger partial charge in [-0.15, -0.1) is 0 Å². The van der Waals surface area contributed by atoms with Gasteiger partial charge < -0.3 is 15.2 Å². The lowest BCUT2D eigenvalue weighted by Gasteiger charge is -2.14. The number of aliphatic hydroxyl groups is 1. The number of nitrogens with one attached hydrogen (secondary N) is 1. The first-order valence-corrected chi connectivity index (χ1v) is 6.74. The van der Waals surface area contributed by atoms with Gasteiger partial charge in [-0.3, -0.25) is 4.79 Å². The van der Waals surface area contributed by atoms with Crippen molar-refractivity contribution in [2.24, 2.45) is 5.92 Å². The van der Waals surface area contributed by atoms with E-state index in [1.54, 1.807) is 0 Å². The van der Waals surface area contributed by atoms with Crippen molar-refractivity contribution in [1.29, 1.82) is 0 Å². The van der Waals surface area contributed by atoms with Crippen LogP contribution in [-0.2, 0) is 9.53 Å². The Kier molecular flexibility index (Phi) is 4.78. The molecule has 0 spiro atoms. The minimum Gasteiger partial charge on any atom is -0.384 e. The average molecular weight is 273 g/mol. The SMILES string of the molecule is Cc1ccc(NC(=O)C2CCOC2C)cc1C#CCO. The van der Waals surface area contributed by atoms with Crippen LogP contribution in [0.1, 0.15) is 24.5 Å². The topological polar surface area (TPSA) is 58.6 Å². The number of aryl methyl sites for hydroxylation is 1. The molecule has 1 heterocycles. The van der Waals surface area contributed by atoms with Gasteiger partial charge in [0.1, 0.15) is 6.61 Å². The normalized spacial score (nSPS) is 21.1. The molecule has 1 fully saturated rings. The Balaban J connectivity index is 2.11. The molecule has 1 aromatic rings. The van der Waals surface area contributed by atoms with Gasteiger partial charge in [0.15, 0.2) is 0 Å². The first-order valence-electron chi connectivity index (χ1n) is 6.74. The summed E-state index contributed by atoms with van der Waals surface area (Å²) in [7, 11) is 0. The molecule has 1 aliphatic rings. The number of benzene rings is 1. The molecule has 0 aliphatic carbocycles. The van der Waals surface area contributed by atoms with Crippen LogP contribution in [-0.4, -0.2) is 30.3 Å². The smallest absolute Gasteiger partial charge is 0.230 e. The van der Waals surface area contributed by atoms with E-state index in [0.29, 0.717) is 6.61 Å². The standard InChI is InChI=1S/C16H19NO3/c1-11-5-6-14(10-13(11)4-3-8-18)17-16(19)15-7-9-20-12(15)2/h5-6,10,12,15,18H,7-9H2,1-2H3,(H,17,19). The van der Waals surface area contributed by atoms with Gasteiger partial charge in [0.2, 0.25) is 5.91 Å². The number of carbonyl (C=O) groups is 1. The van der Waals surface area contributed by atoms with Crippen molar-refractivity contribution in [3.05, 3.63) is 29.3 Å². The van der Waals surface area contributed by atoms with E-state index in [1.165, 1.54) is 0 Å². The monoisotopic (exact) mass is 273 g/mol. The highest BCUT2D eigenvalue weighted by Gasteiger charge is 2.30. The van der Waals surface area contributed by atoms with Crippen LogP contribution < -0.4 is 5.32 Å². The second-order valence-corrected chi connectivity index (χ2v) is 4.95. The van der Waals surface area contributed by atoms with E-state index in [4.69, 9.17) is 9.84 Å². The van der Waals surface area contributed by atoms with Gasteiger partial charge in [-0.1, -0.05) is 17.9 Å². The average Bonchev–Trinajstić information content (AvgIpc) is 2.85. The van der Waals surface area contributed by atoms with E-state index in [2.05, 4.69) is 17.2 Å². The number of amides is 1. The molecular formula is C16H19NO3. The van der Waals surface area contributed by atoms with Crippen molar-refractivity contribution < 1.29 is 14.6 Å². The zero-order chi connectivity index (χ0) is 14.5. The summed E-state index contributed by atoms with van der Waals surface area (Å²) in [4.78, 5) is 12.2. The van der Waals surface area contributed by atoms with Crippen LogP contribution in [0.25, 0.3) is 0 Å². The van der Waals surface area contributed by atoms with Crippen LogP contribution in [0, 0.1) is 24.7 Å². The van der Waals surface area contributed by atoms with Gasteiger partial charge in [0.05, 0.1) is 12.0 Å². The van der Waals surface area contributed by atoms with Crippen LogP contribution >= 0.6 is 0 Å². The molecule has 4 heteroatoms. The third-order valence-electron chi connectivity index (χ3n) is 3.52. The summed E-state index contributed by atoms with van der Waals surface area (Å²) in [6.45, 7) is 4.33. The summed E-state index contributed by atoms with van der Waals surface area (Å²) in [5.41, 5.74) is 2.55. The highest BCUT2D eigenvalue weighted by molar-refractivity contribution is 5.93. The fourth-order valence-electron chi connectivity index (χ4n) is 2.28. The van der Waals surface area contributed by atoms with E-state index in [-0.39, 0.29) is 24.5 Å². The molecule has 1 amide bonds. The molecule has 4 nitrogen and oxygen atoms in total. The maximum Gasteiger partial charge on any atom is 0.230 e. The maximum atomic E-state index is 12.2. The Bertz CT molecular complexity index is 557. The Labute approximate surface area is 119 Å². The van der Waals surface area contributed by atoms with Crippen molar-refractivity contribution in [2.75, 3.05) is 18.5 Å². The number of hydrogen-bond donors (Lipinski definition) is 2. The highest BCUT2D eigenvalue weighted by Crippen LogP contribution is 2.23. The first-order chi connectivity index (χ1) is 9.61. The quantitative estimate of drug-likeness (QED) is 0.806. The molecule has 0 saturated carbocycles. The molecule has 1 saturated heterocycles. The summed E-state index contributed by atoms with van der Waals surface area (Å²) in [5, 5.41) is 11.7. The Morgan fingerprint density at radius 1 is 1.55 bits per heavy atom. The van der Waals surface area contributed by atoms with Gasteiger partial charge in [0.25, 0.3) is 0 Å². The van der Waals surface area contributed by atoms with E-state index < -0.39 is 0 Å². The molecule has 2 rings (SSSR count). The largest absolute Gasteiger partial charge is 0.384 e. The first kappa shape index (κ1) is 14.6. The number of hydrogen-bond acceptors (Lipinski definition) is 3. The van der Waals surface area contributed by atoms with Crippen molar-refractivity contribution in [3.63, 3.8) is 0 Å². The molecule has 2 unspecified atom stereocenters. The lowest BCUT2D eigenvalue weighted by Crippen LogP contribution is -2.27. The minimum absolute atomic E-state index is 0.0140. The fraction of sp³-hybridized carbons (Fsp3) is 0.438. The summed E-state index contributed by atoms with van der Waals surface area (Å²) in [6, 6.07) is 5.60. The molecule has 0 bridgehead atoms. The minimum atomic E-state index is -0.174. The number of aliphatic hydroxyl groups excluding tert-OH is 1. The van der Waals surface area contributed by atoms with Crippen LogP contribution in [0.2, 0.25) is 0 Å². The van der Waals surface area contributed by atoms with Gasteiger partial charge >= 0.3 is 0 Å². The van der Waals surface area contributed by atoms with Gasteiger partial charge in [0, 0.05) is 17.9 Å². The summed E-state index contributed by atoms with van der Waals surface area (Å²) >= 11 is 0. The highest BCUT2D eigenvalue weighted by atomic mass is 16.5. The Morgan fingerprint density at radius 3 is 3.00 bits per heavy atom. The lowest BCUT2D eigenvalue weighted by molar-refractivity contribution is -0.121. The van der Waals surface area contributed by atoms with Gasteiger partial charge in [-0.25, -0.2) is 0 Å². The molecule has 0 radical (unpaired) electrons. The summed E-state index contributed by atoms with van der Waals surface area (Å²) in [6.07, 6.45) is 0.727. The zero-order valence-corrected chi connectivity index (χ0v) is 11.8. The molecule has 2 N–H and O–H groups in total. The van der Waals surface area contributed by atoms with Crippen molar-refractivity contribution in [2.45, 2.75) is 26.4 Å². The molecular weight excluding hydrogens is 254 g/mol. The van der Waals surface area contributed by atoms with Crippen LogP contribution in [0.15, 0.2) is 18.2 Å². The van der Waals surface area contributed by atoms with Crippen molar-refractivity contribution >= 4 is 11.6 Å². The second kappa shape index (κ2) is 6.56. The zero-order valence-electron chi connectivity index (χ0n) is 11.8. The lowest BCUT2D eigenvalue weighted by atomic mass is 10.0. The van der Waals surface area contributed by atoms with E-state index in [0.717, 1.165) is 23.2 Å². The van der Waals surface area contributed by atoms with Crippen LogP contribution in [0.4, 0.5) is 5.69 Å². The Hall–Kier alpha value is -1.83. The number of rotatable bonds is 2. The number of anilines is 1. The molecule has 20 heavy (non-hydrogen) atoms. The van der Waals surface area contributed by atoms with Crippen molar-refractivity contribution in [3.8, 4) is 11.8 Å². The Morgan fingerprint density at radius 2 is 2.35 bits per heavy atom. The number of ether oxygens (including phenoxy) is 1.